The third-order valence-corrected chi connectivity index (χ3v) is 2.89. The van der Waals surface area contributed by atoms with Crippen molar-refractivity contribution in [1.29, 1.82) is 0 Å². The predicted octanol–water partition coefficient (Wildman–Crippen LogP) is 1.77. The molecule has 0 bridgehead atoms. The number of hydrogen-bond donors (Lipinski definition) is 2. The minimum absolute atomic E-state index is 0.0712. The van der Waals surface area contributed by atoms with Crippen LogP contribution in [-0.4, -0.2) is 26.1 Å². The van der Waals surface area contributed by atoms with Crippen LogP contribution in [0.15, 0.2) is 18.2 Å². The van der Waals surface area contributed by atoms with E-state index in [1.807, 2.05) is 0 Å². The van der Waals surface area contributed by atoms with Crippen molar-refractivity contribution in [2.75, 3.05) is 25.5 Å². The van der Waals surface area contributed by atoms with Crippen molar-refractivity contribution in [3.8, 4) is 5.75 Å². The number of amides is 1. The van der Waals surface area contributed by atoms with E-state index in [4.69, 9.17) is 4.74 Å². The molecule has 1 aromatic rings. The quantitative estimate of drug-likeness (QED) is 0.811. The van der Waals surface area contributed by atoms with Gasteiger partial charge in [-0.1, -0.05) is 0 Å². The van der Waals surface area contributed by atoms with Crippen molar-refractivity contribution in [2.45, 2.75) is 12.8 Å². The molecular formula is C13H17FN2O2. The van der Waals surface area contributed by atoms with Gasteiger partial charge >= 0.3 is 0 Å². The molecule has 98 valence electrons. The highest BCUT2D eigenvalue weighted by Crippen LogP contribution is 2.27. The van der Waals surface area contributed by atoms with E-state index in [0.717, 1.165) is 6.54 Å². The van der Waals surface area contributed by atoms with E-state index < -0.39 is 5.82 Å². The Morgan fingerprint density at radius 2 is 2.28 bits per heavy atom. The maximum Gasteiger partial charge on any atom is 0.239 e. The van der Waals surface area contributed by atoms with Crippen LogP contribution in [0.5, 0.6) is 5.75 Å². The van der Waals surface area contributed by atoms with Crippen LogP contribution in [0.2, 0.25) is 0 Å². The molecular weight excluding hydrogens is 235 g/mol. The van der Waals surface area contributed by atoms with E-state index in [1.54, 1.807) is 6.07 Å². The van der Waals surface area contributed by atoms with Gasteiger partial charge in [-0.05, 0) is 30.9 Å². The number of carbonyl (C=O) groups excluding carboxylic acids is 1. The van der Waals surface area contributed by atoms with Gasteiger partial charge in [0, 0.05) is 18.3 Å². The van der Waals surface area contributed by atoms with Gasteiger partial charge in [-0.2, -0.15) is 0 Å². The number of methoxy groups -OCH3 is 1. The number of ether oxygens (including phenoxy) is 1. The number of carbonyl (C=O) groups is 1. The largest absolute Gasteiger partial charge is 0.494 e. The number of hydrogen-bond acceptors (Lipinski definition) is 3. The van der Waals surface area contributed by atoms with E-state index in [-0.39, 0.29) is 18.2 Å². The molecule has 1 saturated carbocycles. The molecule has 0 atom stereocenters. The molecule has 1 aromatic carbocycles. The fraction of sp³-hybridized carbons (Fsp3) is 0.462. The third kappa shape index (κ3) is 3.61. The van der Waals surface area contributed by atoms with E-state index in [9.17, 15) is 9.18 Å². The Bertz CT molecular complexity index is 433. The third-order valence-electron chi connectivity index (χ3n) is 2.89. The number of benzene rings is 1. The molecule has 0 aromatic heterocycles. The average Bonchev–Trinajstić information content (AvgIpc) is 3.18. The Kier molecular flexibility index (Phi) is 4.02. The van der Waals surface area contributed by atoms with Crippen LogP contribution >= 0.6 is 0 Å². The number of halogens is 1. The second-order valence-electron chi connectivity index (χ2n) is 4.45. The molecule has 1 amide bonds. The van der Waals surface area contributed by atoms with Crippen molar-refractivity contribution >= 4 is 11.6 Å². The Labute approximate surface area is 106 Å². The summed E-state index contributed by atoms with van der Waals surface area (Å²) in [7, 11) is 1.41. The molecule has 0 spiro atoms. The zero-order valence-corrected chi connectivity index (χ0v) is 10.3. The predicted molar refractivity (Wildman–Crippen MR) is 67.2 cm³/mol. The summed E-state index contributed by atoms with van der Waals surface area (Å²) in [4.78, 5) is 11.5. The Morgan fingerprint density at radius 3 is 2.89 bits per heavy atom. The van der Waals surface area contributed by atoms with Gasteiger partial charge in [0.25, 0.3) is 0 Å². The Hall–Kier alpha value is -1.78. The van der Waals surface area contributed by atoms with Crippen molar-refractivity contribution in [3.05, 3.63) is 24.0 Å². The van der Waals surface area contributed by atoms with Gasteiger partial charge in [0.2, 0.25) is 5.91 Å². The van der Waals surface area contributed by atoms with Gasteiger partial charge in [0.15, 0.2) is 11.6 Å². The first kappa shape index (κ1) is 12.7. The highest BCUT2D eigenvalue weighted by atomic mass is 19.1. The van der Waals surface area contributed by atoms with Gasteiger partial charge in [-0.3, -0.25) is 4.79 Å². The summed E-state index contributed by atoms with van der Waals surface area (Å²) in [6.07, 6.45) is 2.41. The zero-order chi connectivity index (χ0) is 13.0. The van der Waals surface area contributed by atoms with Gasteiger partial charge in [0.1, 0.15) is 0 Å². The minimum atomic E-state index is -0.444. The van der Waals surface area contributed by atoms with Crippen LogP contribution in [0.1, 0.15) is 12.8 Å². The van der Waals surface area contributed by atoms with Gasteiger partial charge in [-0.15, -0.1) is 0 Å². The smallest absolute Gasteiger partial charge is 0.239 e. The van der Waals surface area contributed by atoms with Crippen molar-refractivity contribution in [1.82, 2.24) is 5.32 Å². The zero-order valence-electron chi connectivity index (χ0n) is 10.3. The van der Waals surface area contributed by atoms with E-state index >= 15 is 0 Å². The summed E-state index contributed by atoms with van der Waals surface area (Å²) in [5, 5.41) is 5.71. The average molecular weight is 252 g/mol. The highest BCUT2D eigenvalue weighted by molar-refractivity contribution is 5.80. The maximum absolute atomic E-state index is 13.4. The minimum Gasteiger partial charge on any atom is -0.494 e. The lowest BCUT2D eigenvalue weighted by molar-refractivity contribution is -0.119. The monoisotopic (exact) mass is 252 g/mol. The molecule has 0 unspecified atom stereocenters. The Morgan fingerprint density at radius 1 is 1.50 bits per heavy atom. The number of rotatable bonds is 6. The van der Waals surface area contributed by atoms with Crippen molar-refractivity contribution < 1.29 is 13.9 Å². The Balaban J connectivity index is 1.77. The van der Waals surface area contributed by atoms with Crippen LogP contribution in [0.3, 0.4) is 0 Å². The first-order valence-corrected chi connectivity index (χ1v) is 6.03. The van der Waals surface area contributed by atoms with Gasteiger partial charge < -0.3 is 15.4 Å². The summed E-state index contributed by atoms with van der Waals surface area (Å²) in [6, 6.07) is 4.52. The number of nitrogens with one attached hydrogen (secondary N) is 2. The fourth-order valence-corrected chi connectivity index (χ4v) is 1.60. The van der Waals surface area contributed by atoms with E-state index in [0.29, 0.717) is 11.6 Å². The molecule has 0 aliphatic heterocycles. The SMILES string of the molecule is COc1ccc(NCC(=O)NCC2CC2)cc1F. The summed E-state index contributed by atoms with van der Waals surface area (Å²) < 4.78 is 18.2. The molecule has 0 radical (unpaired) electrons. The molecule has 1 aliphatic carbocycles. The summed E-state index contributed by atoms with van der Waals surface area (Å²) >= 11 is 0. The molecule has 5 heteroatoms. The van der Waals surface area contributed by atoms with E-state index in [2.05, 4.69) is 10.6 Å². The molecule has 0 saturated heterocycles. The number of anilines is 1. The van der Waals surface area contributed by atoms with Gasteiger partial charge in [0.05, 0.1) is 13.7 Å². The lowest BCUT2D eigenvalue weighted by Crippen LogP contribution is -2.31. The summed E-state index contributed by atoms with van der Waals surface area (Å²) in [5.74, 6) is 0.338. The first-order chi connectivity index (χ1) is 8.69. The van der Waals surface area contributed by atoms with Crippen LogP contribution in [-0.2, 0) is 4.79 Å². The molecule has 2 rings (SSSR count). The van der Waals surface area contributed by atoms with Crippen LogP contribution < -0.4 is 15.4 Å². The topological polar surface area (TPSA) is 50.4 Å². The molecule has 4 nitrogen and oxygen atoms in total. The van der Waals surface area contributed by atoms with Crippen LogP contribution in [0.25, 0.3) is 0 Å². The van der Waals surface area contributed by atoms with Crippen molar-refractivity contribution in [2.24, 2.45) is 5.92 Å². The normalized spacial score (nSPS) is 14.1. The van der Waals surface area contributed by atoms with Crippen molar-refractivity contribution in [3.63, 3.8) is 0 Å². The molecule has 1 fully saturated rings. The van der Waals surface area contributed by atoms with Crippen LogP contribution in [0.4, 0.5) is 10.1 Å². The second kappa shape index (κ2) is 5.71. The lowest BCUT2D eigenvalue weighted by atomic mass is 10.3. The molecule has 0 heterocycles. The van der Waals surface area contributed by atoms with Crippen LogP contribution in [0, 0.1) is 11.7 Å². The van der Waals surface area contributed by atoms with Gasteiger partial charge in [-0.25, -0.2) is 4.39 Å². The summed E-state index contributed by atoms with van der Waals surface area (Å²) in [5.41, 5.74) is 0.565. The maximum atomic E-state index is 13.4. The van der Waals surface area contributed by atoms with E-state index in [1.165, 1.54) is 32.1 Å². The molecule has 1 aliphatic rings. The standard InChI is InChI=1S/C13H17FN2O2/c1-18-12-5-4-10(6-11(12)14)15-8-13(17)16-7-9-2-3-9/h4-6,9,15H,2-3,7-8H2,1H3,(H,16,17). The summed E-state index contributed by atoms with van der Waals surface area (Å²) in [6.45, 7) is 0.899. The highest BCUT2D eigenvalue weighted by Gasteiger charge is 2.21. The second-order valence-corrected chi connectivity index (χ2v) is 4.45. The molecule has 2 N–H and O–H groups in total. The lowest BCUT2D eigenvalue weighted by Gasteiger charge is -2.08. The first-order valence-electron chi connectivity index (χ1n) is 6.03. The molecule has 18 heavy (non-hydrogen) atoms. The fourth-order valence-electron chi connectivity index (χ4n) is 1.60.